The predicted octanol–water partition coefficient (Wildman–Crippen LogP) is 0.819. The van der Waals surface area contributed by atoms with Crippen molar-refractivity contribution in [3.63, 3.8) is 0 Å². The zero-order chi connectivity index (χ0) is 12.9. The first-order valence-corrected chi connectivity index (χ1v) is 6.06. The van der Waals surface area contributed by atoms with Crippen LogP contribution in [-0.2, 0) is 17.8 Å². The van der Waals surface area contributed by atoms with E-state index in [9.17, 15) is 4.79 Å². The van der Waals surface area contributed by atoms with Crippen LogP contribution < -0.4 is 11.5 Å². The van der Waals surface area contributed by atoms with Crippen molar-refractivity contribution >= 4 is 5.91 Å². The Bertz CT molecular complexity index is 370. The van der Waals surface area contributed by atoms with Crippen molar-refractivity contribution in [2.75, 3.05) is 0 Å². The minimum absolute atomic E-state index is 0.436. The SMILES string of the molecule is CCc1nccn1CCCCC(C)(N)C(N)=O. The minimum Gasteiger partial charge on any atom is -0.368 e. The number of aromatic nitrogens is 2. The molecule has 1 atom stereocenters. The third-order valence-electron chi connectivity index (χ3n) is 3.03. The summed E-state index contributed by atoms with van der Waals surface area (Å²) in [6.45, 7) is 4.69. The van der Waals surface area contributed by atoms with Crippen molar-refractivity contribution in [1.29, 1.82) is 0 Å². The van der Waals surface area contributed by atoms with E-state index in [-0.39, 0.29) is 0 Å². The number of carbonyl (C=O) groups excluding carboxylic acids is 1. The fourth-order valence-corrected chi connectivity index (χ4v) is 1.76. The highest BCUT2D eigenvalue weighted by molar-refractivity contribution is 5.83. The fraction of sp³-hybridized carbons (Fsp3) is 0.667. The lowest BCUT2D eigenvalue weighted by atomic mass is 9.95. The molecule has 0 aliphatic carbocycles. The van der Waals surface area contributed by atoms with Crippen molar-refractivity contribution in [1.82, 2.24) is 9.55 Å². The Morgan fingerprint density at radius 1 is 1.53 bits per heavy atom. The van der Waals surface area contributed by atoms with Gasteiger partial charge in [-0.3, -0.25) is 4.79 Å². The first-order valence-electron chi connectivity index (χ1n) is 6.06. The van der Waals surface area contributed by atoms with Gasteiger partial charge in [0.2, 0.25) is 5.91 Å². The Hall–Kier alpha value is -1.36. The van der Waals surface area contributed by atoms with Gasteiger partial charge < -0.3 is 16.0 Å². The van der Waals surface area contributed by atoms with E-state index in [1.807, 2.05) is 12.4 Å². The van der Waals surface area contributed by atoms with E-state index in [2.05, 4.69) is 16.5 Å². The van der Waals surface area contributed by atoms with Crippen LogP contribution in [0, 0.1) is 0 Å². The summed E-state index contributed by atoms with van der Waals surface area (Å²) in [4.78, 5) is 15.3. The Kier molecular flexibility index (Phi) is 4.69. The molecule has 0 saturated heterocycles. The molecule has 0 aliphatic heterocycles. The summed E-state index contributed by atoms with van der Waals surface area (Å²) in [6, 6.07) is 0. The van der Waals surface area contributed by atoms with Crippen LogP contribution in [0.5, 0.6) is 0 Å². The monoisotopic (exact) mass is 238 g/mol. The highest BCUT2D eigenvalue weighted by atomic mass is 16.1. The van der Waals surface area contributed by atoms with Crippen molar-refractivity contribution in [3.05, 3.63) is 18.2 Å². The molecule has 0 saturated carbocycles. The van der Waals surface area contributed by atoms with E-state index in [1.54, 1.807) is 6.92 Å². The summed E-state index contributed by atoms with van der Waals surface area (Å²) in [7, 11) is 0. The van der Waals surface area contributed by atoms with Crippen LogP contribution in [0.1, 0.15) is 38.9 Å². The summed E-state index contributed by atoms with van der Waals surface area (Å²) in [5.74, 6) is 0.657. The molecular weight excluding hydrogens is 216 g/mol. The average molecular weight is 238 g/mol. The molecule has 96 valence electrons. The molecule has 0 aromatic carbocycles. The number of unbranched alkanes of at least 4 members (excludes halogenated alkanes) is 1. The van der Waals surface area contributed by atoms with Crippen molar-refractivity contribution in [3.8, 4) is 0 Å². The molecule has 5 heteroatoms. The number of amides is 1. The molecular formula is C12H22N4O. The minimum atomic E-state index is -0.886. The highest BCUT2D eigenvalue weighted by Gasteiger charge is 2.24. The number of aryl methyl sites for hydroxylation is 2. The van der Waals surface area contributed by atoms with Crippen LogP contribution >= 0.6 is 0 Å². The van der Waals surface area contributed by atoms with E-state index >= 15 is 0 Å². The van der Waals surface area contributed by atoms with Gasteiger partial charge in [-0.2, -0.15) is 0 Å². The zero-order valence-corrected chi connectivity index (χ0v) is 10.6. The summed E-state index contributed by atoms with van der Waals surface area (Å²) in [6.07, 6.45) is 7.21. The third kappa shape index (κ3) is 3.85. The van der Waals surface area contributed by atoms with Crippen LogP contribution in [0.15, 0.2) is 12.4 Å². The second kappa shape index (κ2) is 5.82. The molecule has 0 radical (unpaired) electrons. The summed E-state index contributed by atoms with van der Waals surface area (Å²) < 4.78 is 2.14. The molecule has 1 rings (SSSR count). The van der Waals surface area contributed by atoms with Gasteiger partial charge in [-0.25, -0.2) is 4.98 Å². The van der Waals surface area contributed by atoms with Crippen molar-refractivity contribution < 1.29 is 4.79 Å². The molecule has 0 fully saturated rings. The molecule has 4 N–H and O–H groups in total. The Morgan fingerprint density at radius 3 is 2.82 bits per heavy atom. The fourth-order valence-electron chi connectivity index (χ4n) is 1.76. The maximum atomic E-state index is 11.0. The largest absolute Gasteiger partial charge is 0.368 e. The van der Waals surface area contributed by atoms with E-state index in [0.717, 1.165) is 31.6 Å². The Labute approximate surface area is 102 Å². The third-order valence-corrected chi connectivity index (χ3v) is 3.03. The molecule has 0 bridgehead atoms. The highest BCUT2D eigenvalue weighted by Crippen LogP contribution is 2.11. The van der Waals surface area contributed by atoms with Crippen molar-refractivity contribution in [2.24, 2.45) is 11.5 Å². The zero-order valence-electron chi connectivity index (χ0n) is 10.6. The number of hydrogen-bond acceptors (Lipinski definition) is 3. The van der Waals surface area contributed by atoms with Gasteiger partial charge in [-0.15, -0.1) is 0 Å². The van der Waals surface area contributed by atoms with Gasteiger partial charge in [-0.05, 0) is 26.2 Å². The lowest BCUT2D eigenvalue weighted by Crippen LogP contribution is -2.49. The van der Waals surface area contributed by atoms with E-state index in [0.29, 0.717) is 6.42 Å². The summed E-state index contributed by atoms with van der Waals surface area (Å²) in [5.41, 5.74) is 10.1. The van der Waals surface area contributed by atoms with Gasteiger partial charge in [0.1, 0.15) is 5.82 Å². The predicted molar refractivity (Wildman–Crippen MR) is 67.2 cm³/mol. The summed E-state index contributed by atoms with van der Waals surface area (Å²) in [5, 5.41) is 0. The molecule has 1 unspecified atom stereocenters. The van der Waals surface area contributed by atoms with E-state index < -0.39 is 11.4 Å². The van der Waals surface area contributed by atoms with Crippen molar-refractivity contribution in [2.45, 2.75) is 51.6 Å². The van der Waals surface area contributed by atoms with E-state index in [1.165, 1.54) is 0 Å². The molecule has 0 spiro atoms. The topological polar surface area (TPSA) is 86.9 Å². The van der Waals surface area contributed by atoms with Gasteiger partial charge in [0.15, 0.2) is 0 Å². The van der Waals surface area contributed by atoms with Gasteiger partial charge in [0.25, 0.3) is 0 Å². The van der Waals surface area contributed by atoms with Crippen LogP contribution in [0.3, 0.4) is 0 Å². The number of primary amides is 1. The van der Waals surface area contributed by atoms with Gasteiger partial charge in [-0.1, -0.05) is 6.92 Å². The van der Waals surface area contributed by atoms with Gasteiger partial charge >= 0.3 is 0 Å². The molecule has 1 aromatic heterocycles. The number of nitrogens with zero attached hydrogens (tertiary/aromatic N) is 2. The molecule has 0 aliphatic rings. The summed E-state index contributed by atoms with van der Waals surface area (Å²) >= 11 is 0. The molecule has 1 heterocycles. The first kappa shape index (κ1) is 13.7. The number of hydrogen-bond donors (Lipinski definition) is 2. The first-order chi connectivity index (χ1) is 7.97. The number of nitrogens with two attached hydrogens (primary N) is 2. The van der Waals surface area contributed by atoms with Crippen LogP contribution in [0.25, 0.3) is 0 Å². The number of imidazole rings is 1. The second-order valence-corrected chi connectivity index (χ2v) is 4.63. The Balaban J connectivity index is 2.32. The Morgan fingerprint density at radius 2 is 2.24 bits per heavy atom. The normalized spacial score (nSPS) is 14.5. The average Bonchev–Trinajstić information content (AvgIpc) is 2.71. The standard InChI is InChI=1S/C12H22N4O/c1-3-10-15-7-9-16(10)8-5-4-6-12(2,14)11(13)17/h7,9H,3-6,8,14H2,1-2H3,(H2,13,17). The smallest absolute Gasteiger partial charge is 0.237 e. The molecule has 1 aromatic rings. The van der Waals surface area contributed by atoms with Gasteiger partial charge in [0.05, 0.1) is 5.54 Å². The van der Waals surface area contributed by atoms with Crippen LogP contribution in [0.2, 0.25) is 0 Å². The lowest BCUT2D eigenvalue weighted by molar-refractivity contribution is -0.122. The molecule has 17 heavy (non-hydrogen) atoms. The maximum Gasteiger partial charge on any atom is 0.237 e. The second-order valence-electron chi connectivity index (χ2n) is 4.63. The van der Waals surface area contributed by atoms with E-state index in [4.69, 9.17) is 11.5 Å². The van der Waals surface area contributed by atoms with Crippen LogP contribution in [-0.4, -0.2) is 21.0 Å². The quantitative estimate of drug-likeness (QED) is 0.689. The molecule has 1 amide bonds. The lowest BCUT2D eigenvalue weighted by Gasteiger charge is -2.20. The number of rotatable bonds is 7. The molecule has 5 nitrogen and oxygen atoms in total. The number of carbonyl (C=O) groups is 1. The van der Waals surface area contributed by atoms with Gasteiger partial charge in [0, 0.05) is 25.4 Å². The maximum absolute atomic E-state index is 11.0. The van der Waals surface area contributed by atoms with Crippen LogP contribution in [0.4, 0.5) is 0 Å².